The van der Waals surface area contributed by atoms with E-state index in [9.17, 15) is 14.4 Å². The number of nitrogens with one attached hydrogen (secondary N) is 1. The van der Waals surface area contributed by atoms with Crippen molar-refractivity contribution in [3.8, 4) is 0 Å². The molecule has 0 unspecified atom stereocenters. The first-order chi connectivity index (χ1) is 16.0. The number of carbonyl (C=O) groups excluding carboxylic acids is 3. The molecule has 0 saturated carbocycles. The molecule has 1 atom stereocenters. The molecule has 0 spiro atoms. The summed E-state index contributed by atoms with van der Waals surface area (Å²) in [5.74, 6) is 0.489. The summed E-state index contributed by atoms with van der Waals surface area (Å²) in [5, 5.41) is 2.73. The Morgan fingerprint density at radius 2 is 1.94 bits per heavy atom. The van der Waals surface area contributed by atoms with E-state index in [0.29, 0.717) is 34.7 Å². The number of hydrogen-bond donors (Lipinski definition) is 1. The molecule has 0 radical (unpaired) electrons. The molecule has 1 saturated heterocycles. The summed E-state index contributed by atoms with van der Waals surface area (Å²) in [5.41, 5.74) is 3.04. The van der Waals surface area contributed by atoms with E-state index < -0.39 is 5.97 Å². The zero-order valence-corrected chi connectivity index (χ0v) is 19.2. The standard InChI is InChI=1S/C25H24N2O5S/c1-3-31-25(30)20-7-4-8-21(16(20)2)26-23(29)17-9-11-18(12-10-17)24-27(22(28)15-33-24)14-19-6-5-13-32-19/h4-13,24H,3,14-15H2,1-2H3,(H,26,29)/t24-/m0/s1. The van der Waals surface area contributed by atoms with E-state index in [1.54, 1.807) is 73.2 Å². The summed E-state index contributed by atoms with van der Waals surface area (Å²) in [4.78, 5) is 39.1. The Morgan fingerprint density at radius 1 is 1.15 bits per heavy atom. The van der Waals surface area contributed by atoms with Crippen LogP contribution in [0.2, 0.25) is 0 Å². The minimum absolute atomic E-state index is 0.0557. The van der Waals surface area contributed by atoms with Crippen LogP contribution in [0.5, 0.6) is 0 Å². The zero-order chi connectivity index (χ0) is 23.4. The maximum atomic E-state index is 12.8. The van der Waals surface area contributed by atoms with Crippen molar-refractivity contribution in [2.75, 3.05) is 17.7 Å². The fraction of sp³-hybridized carbons (Fsp3) is 0.240. The molecule has 1 aliphatic rings. The van der Waals surface area contributed by atoms with Gasteiger partial charge in [-0.1, -0.05) is 18.2 Å². The van der Waals surface area contributed by atoms with Gasteiger partial charge >= 0.3 is 5.97 Å². The normalized spacial score (nSPS) is 15.5. The quantitative estimate of drug-likeness (QED) is 0.506. The van der Waals surface area contributed by atoms with Gasteiger partial charge in [0.25, 0.3) is 5.91 Å². The highest BCUT2D eigenvalue weighted by atomic mass is 32.2. The van der Waals surface area contributed by atoms with Crippen molar-refractivity contribution in [1.82, 2.24) is 4.90 Å². The van der Waals surface area contributed by atoms with Gasteiger partial charge in [-0.25, -0.2) is 4.79 Å². The van der Waals surface area contributed by atoms with E-state index >= 15 is 0 Å². The first kappa shape index (κ1) is 22.7. The van der Waals surface area contributed by atoms with Crippen LogP contribution in [0.25, 0.3) is 0 Å². The minimum atomic E-state index is -0.418. The maximum Gasteiger partial charge on any atom is 0.338 e. The summed E-state index contributed by atoms with van der Waals surface area (Å²) in [6, 6.07) is 16.0. The molecule has 2 amide bonds. The molecule has 1 N–H and O–H groups in total. The van der Waals surface area contributed by atoms with E-state index in [1.165, 1.54) is 0 Å². The lowest BCUT2D eigenvalue weighted by Crippen LogP contribution is -2.27. The highest BCUT2D eigenvalue weighted by Crippen LogP contribution is 2.39. The first-order valence-corrected chi connectivity index (χ1v) is 11.6. The summed E-state index contributed by atoms with van der Waals surface area (Å²) in [7, 11) is 0. The average Bonchev–Trinajstić information content (AvgIpc) is 3.46. The summed E-state index contributed by atoms with van der Waals surface area (Å²) in [6.45, 7) is 4.21. The highest BCUT2D eigenvalue weighted by molar-refractivity contribution is 8.00. The number of nitrogens with zero attached hydrogens (tertiary/aromatic N) is 1. The Labute approximate surface area is 196 Å². The van der Waals surface area contributed by atoms with Gasteiger partial charge in [-0.15, -0.1) is 11.8 Å². The number of benzene rings is 2. The second kappa shape index (κ2) is 9.95. The number of rotatable bonds is 7. The van der Waals surface area contributed by atoms with Crippen molar-refractivity contribution in [2.24, 2.45) is 0 Å². The van der Waals surface area contributed by atoms with Gasteiger partial charge in [-0.3, -0.25) is 9.59 Å². The first-order valence-electron chi connectivity index (χ1n) is 10.6. The second-order valence-corrected chi connectivity index (χ2v) is 8.61. The summed E-state index contributed by atoms with van der Waals surface area (Å²) >= 11 is 1.55. The Kier molecular flexibility index (Phi) is 6.84. The molecule has 170 valence electrons. The van der Waals surface area contributed by atoms with Crippen LogP contribution in [0.15, 0.2) is 65.3 Å². The third-order valence-corrected chi connectivity index (χ3v) is 6.67. The molecular formula is C25H24N2O5S. The van der Waals surface area contributed by atoms with Crippen molar-refractivity contribution < 1.29 is 23.5 Å². The molecule has 8 heteroatoms. The molecule has 2 aromatic carbocycles. The van der Waals surface area contributed by atoms with Crippen LogP contribution in [0.3, 0.4) is 0 Å². The van der Waals surface area contributed by atoms with Crippen LogP contribution in [0.4, 0.5) is 5.69 Å². The molecule has 7 nitrogen and oxygen atoms in total. The van der Waals surface area contributed by atoms with Gasteiger partial charge in [-0.2, -0.15) is 0 Å². The lowest BCUT2D eigenvalue weighted by Gasteiger charge is -2.23. The van der Waals surface area contributed by atoms with Crippen LogP contribution >= 0.6 is 11.8 Å². The van der Waals surface area contributed by atoms with E-state index in [-0.39, 0.29) is 23.8 Å². The molecule has 0 aliphatic carbocycles. The van der Waals surface area contributed by atoms with Crippen molar-refractivity contribution in [3.05, 3.63) is 88.9 Å². The van der Waals surface area contributed by atoms with E-state index in [0.717, 1.165) is 11.3 Å². The molecule has 3 aromatic rings. The number of hydrogen-bond acceptors (Lipinski definition) is 6. The Hall–Kier alpha value is -3.52. The van der Waals surface area contributed by atoms with Gasteiger partial charge in [0.2, 0.25) is 5.91 Å². The van der Waals surface area contributed by atoms with Crippen molar-refractivity contribution in [3.63, 3.8) is 0 Å². The second-order valence-electron chi connectivity index (χ2n) is 7.54. The zero-order valence-electron chi connectivity index (χ0n) is 18.4. The van der Waals surface area contributed by atoms with Gasteiger partial charge in [-0.05, 0) is 61.4 Å². The molecule has 2 heterocycles. The fourth-order valence-corrected chi connectivity index (χ4v) is 4.85. The lowest BCUT2D eigenvalue weighted by atomic mass is 10.1. The Bertz CT molecular complexity index is 1160. The van der Waals surface area contributed by atoms with Crippen LogP contribution < -0.4 is 5.32 Å². The van der Waals surface area contributed by atoms with Gasteiger partial charge in [0.1, 0.15) is 11.1 Å². The third-order valence-electron chi connectivity index (χ3n) is 5.41. The summed E-state index contributed by atoms with van der Waals surface area (Å²) < 4.78 is 10.5. The van der Waals surface area contributed by atoms with Crippen LogP contribution in [-0.4, -0.2) is 35.0 Å². The SMILES string of the molecule is CCOC(=O)c1cccc(NC(=O)c2ccc([C@@H]3SCC(=O)N3Cc3ccco3)cc2)c1C. The van der Waals surface area contributed by atoms with E-state index in [4.69, 9.17) is 9.15 Å². The largest absolute Gasteiger partial charge is 0.467 e. The third kappa shape index (κ3) is 4.96. The smallest absolute Gasteiger partial charge is 0.338 e. The number of carbonyl (C=O) groups is 3. The van der Waals surface area contributed by atoms with Gasteiger partial charge < -0.3 is 19.4 Å². The van der Waals surface area contributed by atoms with Gasteiger partial charge in [0, 0.05) is 11.3 Å². The van der Waals surface area contributed by atoms with Gasteiger partial charge in [0.05, 0.1) is 30.7 Å². The monoisotopic (exact) mass is 464 g/mol. The highest BCUT2D eigenvalue weighted by Gasteiger charge is 2.33. The molecule has 33 heavy (non-hydrogen) atoms. The molecular weight excluding hydrogens is 440 g/mol. The maximum absolute atomic E-state index is 12.8. The fourth-order valence-electron chi connectivity index (χ4n) is 3.67. The number of anilines is 1. The molecule has 1 aromatic heterocycles. The van der Waals surface area contributed by atoms with Crippen molar-refractivity contribution >= 4 is 35.2 Å². The topological polar surface area (TPSA) is 88.8 Å². The van der Waals surface area contributed by atoms with Crippen LogP contribution in [0.1, 0.15) is 49.9 Å². The minimum Gasteiger partial charge on any atom is -0.467 e. The summed E-state index contributed by atoms with van der Waals surface area (Å²) in [6.07, 6.45) is 1.59. The van der Waals surface area contributed by atoms with Crippen molar-refractivity contribution in [2.45, 2.75) is 25.8 Å². The average molecular weight is 465 g/mol. The van der Waals surface area contributed by atoms with Crippen LogP contribution in [-0.2, 0) is 16.1 Å². The Balaban J connectivity index is 1.47. The number of ether oxygens (including phenoxy) is 1. The van der Waals surface area contributed by atoms with E-state index in [2.05, 4.69) is 5.32 Å². The molecule has 0 bridgehead atoms. The van der Waals surface area contributed by atoms with Gasteiger partial charge in [0.15, 0.2) is 0 Å². The van der Waals surface area contributed by atoms with Crippen LogP contribution in [0, 0.1) is 6.92 Å². The van der Waals surface area contributed by atoms with E-state index in [1.807, 2.05) is 18.2 Å². The van der Waals surface area contributed by atoms with Crippen molar-refractivity contribution in [1.29, 1.82) is 0 Å². The number of esters is 1. The number of amides is 2. The predicted molar refractivity (Wildman–Crippen MR) is 126 cm³/mol. The number of thioether (sulfide) groups is 1. The Morgan fingerprint density at radius 3 is 2.64 bits per heavy atom. The number of furan rings is 1. The lowest BCUT2D eigenvalue weighted by molar-refractivity contribution is -0.128. The molecule has 1 fully saturated rings. The molecule has 4 rings (SSSR count). The molecule has 1 aliphatic heterocycles. The predicted octanol–water partition coefficient (Wildman–Crippen LogP) is 4.79.